The number of carbonyl (C=O) groups excluding carboxylic acids is 1. The molecule has 0 aromatic heterocycles. The van der Waals surface area contributed by atoms with Crippen molar-refractivity contribution in [3.63, 3.8) is 0 Å². The Balaban J connectivity index is 1.59. The minimum absolute atomic E-state index is 0.121. The maximum Gasteiger partial charge on any atom is 0.227 e. The third-order valence-electron chi connectivity index (χ3n) is 4.89. The Bertz CT molecular complexity index is 817. The number of amides is 1. The zero-order valence-corrected chi connectivity index (χ0v) is 16.3. The standard InChI is InChI=1S/C21H25N3OS/c1-14-6-7-17(13-15(14)2)16(3)22-21(26)23-18-8-10-19(11-9-18)24-12-4-5-20(24)25/h6-11,13,16H,4-5,12H2,1-3H3,(H2,22,23,26). The van der Waals surface area contributed by atoms with Crippen LogP contribution in [0.1, 0.15) is 42.5 Å². The van der Waals surface area contributed by atoms with Crippen molar-refractivity contribution in [2.45, 2.75) is 39.7 Å². The molecule has 1 fully saturated rings. The molecule has 1 heterocycles. The summed E-state index contributed by atoms with van der Waals surface area (Å²) in [4.78, 5) is 13.7. The topological polar surface area (TPSA) is 44.4 Å². The molecule has 0 saturated carbocycles. The minimum Gasteiger partial charge on any atom is -0.356 e. The van der Waals surface area contributed by atoms with Gasteiger partial charge in [0.25, 0.3) is 0 Å². The van der Waals surface area contributed by atoms with Crippen molar-refractivity contribution in [1.29, 1.82) is 0 Å². The maximum atomic E-state index is 11.8. The van der Waals surface area contributed by atoms with Crippen LogP contribution in [0, 0.1) is 13.8 Å². The van der Waals surface area contributed by atoms with Gasteiger partial charge >= 0.3 is 0 Å². The minimum atomic E-state index is 0.121. The fraction of sp³-hybridized carbons (Fsp3) is 0.333. The van der Waals surface area contributed by atoms with Crippen LogP contribution in [0.5, 0.6) is 0 Å². The van der Waals surface area contributed by atoms with E-state index in [2.05, 4.69) is 49.6 Å². The van der Waals surface area contributed by atoms with Crippen molar-refractivity contribution in [2.24, 2.45) is 0 Å². The van der Waals surface area contributed by atoms with E-state index in [9.17, 15) is 4.79 Å². The number of thiocarbonyl (C=S) groups is 1. The van der Waals surface area contributed by atoms with E-state index >= 15 is 0 Å². The number of hydrogen-bond acceptors (Lipinski definition) is 2. The monoisotopic (exact) mass is 367 g/mol. The van der Waals surface area contributed by atoms with Crippen LogP contribution in [0.25, 0.3) is 0 Å². The smallest absolute Gasteiger partial charge is 0.227 e. The van der Waals surface area contributed by atoms with Crippen LogP contribution in [0.4, 0.5) is 11.4 Å². The second-order valence-corrected chi connectivity index (χ2v) is 7.27. The molecule has 0 bridgehead atoms. The molecule has 3 rings (SSSR count). The van der Waals surface area contributed by atoms with E-state index < -0.39 is 0 Å². The molecule has 2 aromatic rings. The van der Waals surface area contributed by atoms with E-state index in [1.54, 1.807) is 0 Å². The number of rotatable bonds is 4. The molecule has 2 aromatic carbocycles. The van der Waals surface area contributed by atoms with E-state index in [1.165, 1.54) is 16.7 Å². The Hall–Kier alpha value is -2.40. The number of nitrogens with one attached hydrogen (secondary N) is 2. The molecule has 1 atom stereocenters. The van der Waals surface area contributed by atoms with Crippen molar-refractivity contribution >= 4 is 34.6 Å². The normalized spacial score (nSPS) is 15.0. The van der Waals surface area contributed by atoms with Gasteiger partial charge in [-0.25, -0.2) is 0 Å². The van der Waals surface area contributed by atoms with Gasteiger partial charge in [0.1, 0.15) is 0 Å². The summed E-state index contributed by atoms with van der Waals surface area (Å²) in [5.41, 5.74) is 5.63. The van der Waals surface area contributed by atoms with E-state index in [4.69, 9.17) is 12.2 Å². The maximum absolute atomic E-state index is 11.8. The Morgan fingerprint density at radius 2 is 1.85 bits per heavy atom. The fourth-order valence-corrected chi connectivity index (χ4v) is 3.42. The Morgan fingerprint density at radius 1 is 1.12 bits per heavy atom. The summed E-state index contributed by atoms with van der Waals surface area (Å²) in [6.45, 7) is 7.14. The van der Waals surface area contributed by atoms with Gasteiger partial charge in [0.2, 0.25) is 5.91 Å². The van der Waals surface area contributed by atoms with Gasteiger partial charge in [-0.15, -0.1) is 0 Å². The molecule has 1 saturated heterocycles. The summed E-state index contributed by atoms with van der Waals surface area (Å²) < 4.78 is 0. The number of benzene rings is 2. The van der Waals surface area contributed by atoms with Crippen LogP contribution >= 0.6 is 12.2 Å². The molecule has 0 spiro atoms. The van der Waals surface area contributed by atoms with Crippen LogP contribution in [-0.4, -0.2) is 17.6 Å². The van der Waals surface area contributed by atoms with E-state index in [0.717, 1.165) is 24.3 Å². The van der Waals surface area contributed by atoms with E-state index in [0.29, 0.717) is 11.5 Å². The highest BCUT2D eigenvalue weighted by Crippen LogP contribution is 2.23. The highest BCUT2D eigenvalue weighted by atomic mass is 32.1. The third kappa shape index (κ3) is 4.22. The van der Waals surface area contributed by atoms with E-state index in [-0.39, 0.29) is 11.9 Å². The number of anilines is 2. The van der Waals surface area contributed by atoms with Crippen LogP contribution in [0.3, 0.4) is 0 Å². The molecule has 0 aliphatic carbocycles. The van der Waals surface area contributed by atoms with Crippen molar-refractivity contribution < 1.29 is 4.79 Å². The predicted molar refractivity (Wildman–Crippen MR) is 112 cm³/mol. The third-order valence-corrected chi connectivity index (χ3v) is 5.11. The highest BCUT2D eigenvalue weighted by molar-refractivity contribution is 7.80. The molecular formula is C21H25N3OS. The Kier molecular flexibility index (Phi) is 5.57. The molecule has 1 aliphatic rings. The van der Waals surface area contributed by atoms with Gasteiger partial charge in [-0.1, -0.05) is 18.2 Å². The molecule has 5 heteroatoms. The molecule has 136 valence electrons. The van der Waals surface area contributed by atoms with Crippen molar-refractivity contribution in [1.82, 2.24) is 5.32 Å². The molecule has 1 unspecified atom stereocenters. The second-order valence-electron chi connectivity index (χ2n) is 6.86. The highest BCUT2D eigenvalue weighted by Gasteiger charge is 2.21. The quantitative estimate of drug-likeness (QED) is 0.782. The van der Waals surface area contributed by atoms with Gasteiger partial charge in [-0.05, 0) is 80.4 Å². The van der Waals surface area contributed by atoms with Gasteiger partial charge in [-0.2, -0.15) is 0 Å². The first-order chi connectivity index (χ1) is 12.4. The van der Waals surface area contributed by atoms with Crippen LogP contribution in [0.15, 0.2) is 42.5 Å². The van der Waals surface area contributed by atoms with Crippen LogP contribution in [-0.2, 0) is 4.79 Å². The molecule has 2 N–H and O–H groups in total. The average Bonchev–Trinajstić information content (AvgIpc) is 3.04. The lowest BCUT2D eigenvalue weighted by atomic mass is 10.0. The first-order valence-corrected chi connectivity index (χ1v) is 9.40. The van der Waals surface area contributed by atoms with Gasteiger partial charge in [-0.3, -0.25) is 4.79 Å². The van der Waals surface area contributed by atoms with E-state index in [1.807, 2.05) is 29.2 Å². The van der Waals surface area contributed by atoms with Crippen LogP contribution in [0.2, 0.25) is 0 Å². The lowest BCUT2D eigenvalue weighted by Gasteiger charge is -2.19. The van der Waals surface area contributed by atoms with Gasteiger partial charge < -0.3 is 15.5 Å². The van der Waals surface area contributed by atoms with Gasteiger partial charge in [0.15, 0.2) is 5.11 Å². The van der Waals surface area contributed by atoms with Crippen LogP contribution < -0.4 is 15.5 Å². The molecule has 0 radical (unpaired) electrons. The lowest BCUT2D eigenvalue weighted by Crippen LogP contribution is -2.31. The molecule has 1 amide bonds. The summed E-state index contributed by atoms with van der Waals surface area (Å²) in [6, 6.07) is 14.4. The Morgan fingerprint density at radius 3 is 2.46 bits per heavy atom. The molecule has 26 heavy (non-hydrogen) atoms. The number of carbonyl (C=O) groups is 1. The van der Waals surface area contributed by atoms with Gasteiger partial charge in [0, 0.05) is 24.3 Å². The van der Waals surface area contributed by atoms with Gasteiger partial charge in [0.05, 0.1) is 6.04 Å². The second kappa shape index (κ2) is 7.87. The molecule has 4 nitrogen and oxygen atoms in total. The zero-order valence-electron chi connectivity index (χ0n) is 15.5. The summed E-state index contributed by atoms with van der Waals surface area (Å²) in [7, 11) is 0. The SMILES string of the molecule is Cc1ccc(C(C)NC(=S)Nc2ccc(N3CCCC3=O)cc2)cc1C. The summed E-state index contributed by atoms with van der Waals surface area (Å²) in [5.74, 6) is 0.199. The largest absolute Gasteiger partial charge is 0.356 e. The first kappa shape index (κ1) is 18.4. The predicted octanol–water partition coefficient (Wildman–Crippen LogP) is 4.48. The number of hydrogen-bond donors (Lipinski definition) is 2. The summed E-state index contributed by atoms with van der Waals surface area (Å²) >= 11 is 5.44. The molecule has 1 aliphatic heterocycles. The van der Waals surface area contributed by atoms with Crippen molar-refractivity contribution in [3.05, 3.63) is 59.2 Å². The number of nitrogens with zero attached hydrogens (tertiary/aromatic N) is 1. The molecular weight excluding hydrogens is 342 g/mol. The Labute approximate surface area is 160 Å². The zero-order chi connectivity index (χ0) is 18.7. The average molecular weight is 368 g/mol. The van der Waals surface area contributed by atoms with Crippen molar-refractivity contribution in [2.75, 3.05) is 16.8 Å². The van der Waals surface area contributed by atoms with Crippen molar-refractivity contribution in [3.8, 4) is 0 Å². The summed E-state index contributed by atoms with van der Waals surface area (Å²) in [5, 5.41) is 7.12. The first-order valence-electron chi connectivity index (χ1n) is 8.99. The number of aryl methyl sites for hydroxylation is 2. The fourth-order valence-electron chi connectivity index (χ4n) is 3.13. The summed E-state index contributed by atoms with van der Waals surface area (Å²) in [6.07, 6.45) is 1.58. The lowest BCUT2D eigenvalue weighted by molar-refractivity contribution is -0.117.